The first kappa shape index (κ1) is 25.2. The van der Waals surface area contributed by atoms with Crippen molar-refractivity contribution < 1.29 is 32.3 Å². The third-order valence-corrected chi connectivity index (χ3v) is 5.96. The van der Waals surface area contributed by atoms with Crippen molar-refractivity contribution in [3.8, 4) is 0 Å². The summed E-state index contributed by atoms with van der Waals surface area (Å²) in [4.78, 5) is 14.0. The molecule has 0 spiro atoms. The van der Waals surface area contributed by atoms with Crippen LogP contribution in [0.25, 0.3) is 0 Å². The van der Waals surface area contributed by atoms with E-state index in [1.165, 1.54) is 22.3 Å². The standard InChI is InChI=1S/C21H29N3O2.C2HF3O2/c1-14-7-15(2)9-18(8-14)10-23-12-20-21(13-23)25-6-5-24(20)11-19-16(3)22-26-17(19)4;3-2(4,5)1(6)7/h7-9,20-21H,5-6,10-13H2,1-4H3;(H,6,7)/t20-,21+;/m1./s1. The van der Waals surface area contributed by atoms with E-state index >= 15 is 0 Å². The third kappa shape index (κ3) is 6.55. The van der Waals surface area contributed by atoms with Gasteiger partial charge in [-0.3, -0.25) is 9.80 Å². The number of alkyl halides is 3. The number of carbonyl (C=O) groups is 1. The number of fused-ring (bicyclic) bond motifs is 1. The minimum Gasteiger partial charge on any atom is -0.475 e. The number of morpholine rings is 1. The number of rotatable bonds is 4. The summed E-state index contributed by atoms with van der Waals surface area (Å²) in [5, 5.41) is 11.2. The first-order valence-corrected chi connectivity index (χ1v) is 10.8. The van der Waals surface area contributed by atoms with Crippen LogP contribution in [0, 0.1) is 27.7 Å². The minimum absolute atomic E-state index is 0.301. The van der Waals surface area contributed by atoms with Crippen LogP contribution in [0.3, 0.4) is 0 Å². The fourth-order valence-electron chi connectivity index (χ4n) is 4.51. The second kappa shape index (κ2) is 10.2. The summed E-state index contributed by atoms with van der Waals surface area (Å²) in [6.45, 7) is 14.1. The summed E-state index contributed by atoms with van der Waals surface area (Å²) >= 11 is 0. The predicted molar refractivity (Wildman–Crippen MR) is 115 cm³/mol. The van der Waals surface area contributed by atoms with Crippen LogP contribution in [0.4, 0.5) is 13.2 Å². The molecule has 7 nitrogen and oxygen atoms in total. The molecule has 2 atom stereocenters. The molecule has 182 valence electrons. The number of nitrogens with zero attached hydrogens (tertiary/aromatic N) is 3. The Hall–Kier alpha value is -2.43. The second-order valence-electron chi connectivity index (χ2n) is 8.74. The van der Waals surface area contributed by atoms with Crippen molar-refractivity contribution in [3.63, 3.8) is 0 Å². The maximum atomic E-state index is 10.6. The van der Waals surface area contributed by atoms with E-state index in [4.69, 9.17) is 19.2 Å². The average molecular weight is 470 g/mol. The molecule has 2 aromatic rings. The zero-order chi connectivity index (χ0) is 24.3. The number of likely N-dealkylation sites (tertiary alicyclic amines) is 1. The van der Waals surface area contributed by atoms with E-state index < -0.39 is 12.1 Å². The number of ether oxygens (including phenoxy) is 1. The molecule has 2 saturated heterocycles. The van der Waals surface area contributed by atoms with Gasteiger partial charge in [-0.2, -0.15) is 13.2 Å². The lowest BCUT2D eigenvalue weighted by Gasteiger charge is -2.36. The Balaban J connectivity index is 0.000000383. The Bertz CT molecular complexity index is 937. The molecule has 0 saturated carbocycles. The van der Waals surface area contributed by atoms with E-state index in [0.717, 1.165) is 50.8 Å². The molecule has 4 rings (SSSR count). The van der Waals surface area contributed by atoms with Crippen LogP contribution in [0.5, 0.6) is 0 Å². The molecule has 0 unspecified atom stereocenters. The molecule has 1 aromatic carbocycles. The zero-order valence-electron chi connectivity index (χ0n) is 19.3. The maximum absolute atomic E-state index is 10.6. The predicted octanol–water partition coefficient (Wildman–Crippen LogP) is 3.63. The summed E-state index contributed by atoms with van der Waals surface area (Å²) in [6, 6.07) is 7.29. The van der Waals surface area contributed by atoms with E-state index in [9.17, 15) is 13.2 Å². The molecular formula is C23H30F3N3O4. The van der Waals surface area contributed by atoms with E-state index in [2.05, 4.69) is 47.0 Å². The first-order chi connectivity index (χ1) is 15.4. The van der Waals surface area contributed by atoms with Gasteiger partial charge >= 0.3 is 12.1 Å². The number of aryl methyl sites for hydroxylation is 4. The van der Waals surface area contributed by atoms with Crippen molar-refractivity contribution in [2.75, 3.05) is 26.2 Å². The molecule has 2 aliphatic rings. The van der Waals surface area contributed by atoms with Crippen molar-refractivity contribution in [1.29, 1.82) is 0 Å². The number of benzene rings is 1. The van der Waals surface area contributed by atoms with E-state index in [1.54, 1.807) is 0 Å². The van der Waals surface area contributed by atoms with Crippen LogP contribution < -0.4 is 0 Å². The molecule has 10 heteroatoms. The van der Waals surface area contributed by atoms with Gasteiger partial charge in [-0.25, -0.2) is 4.79 Å². The smallest absolute Gasteiger partial charge is 0.475 e. The second-order valence-corrected chi connectivity index (χ2v) is 8.74. The van der Waals surface area contributed by atoms with Crippen LogP contribution in [-0.2, 0) is 22.6 Å². The number of hydrogen-bond acceptors (Lipinski definition) is 6. The zero-order valence-corrected chi connectivity index (χ0v) is 19.3. The molecule has 1 N–H and O–H groups in total. The monoisotopic (exact) mass is 469 g/mol. The Morgan fingerprint density at radius 2 is 1.76 bits per heavy atom. The highest BCUT2D eigenvalue weighted by atomic mass is 19.4. The van der Waals surface area contributed by atoms with Crippen LogP contribution in [-0.4, -0.2) is 70.6 Å². The molecule has 2 fully saturated rings. The van der Waals surface area contributed by atoms with Gasteiger partial charge < -0.3 is 14.4 Å². The number of aromatic nitrogens is 1. The van der Waals surface area contributed by atoms with E-state index in [0.29, 0.717) is 12.1 Å². The molecule has 1 aromatic heterocycles. The molecule has 0 bridgehead atoms. The van der Waals surface area contributed by atoms with Crippen LogP contribution >= 0.6 is 0 Å². The number of carboxylic acid groups (broad SMARTS) is 1. The molecule has 0 radical (unpaired) electrons. The quantitative estimate of drug-likeness (QED) is 0.733. The maximum Gasteiger partial charge on any atom is 0.490 e. The van der Waals surface area contributed by atoms with Gasteiger partial charge in [0.2, 0.25) is 0 Å². The van der Waals surface area contributed by atoms with Gasteiger partial charge in [-0.15, -0.1) is 0 Å². The molecule has 0 aliphatic carbocycles. The van der Waals surface area contributed by atoms with E-state index in [-0.39, 0.29) is 0 Å². The van der Waals surface area contributed by atoms with Crippen molar-refractivity contribution >= 4 is 5.97 Å². The fraction of sp³-hybridized carbons (Fsp3) is 0.565. The minimum atomic E-state index is -5.08. The number of aliphatic carboxylic acids is 1. The SMILES string of the molecule is Cc1cc(C)cc(CN2C[C@@H]3OCCN(Cc4c(C)noc4C)[C@@H]3C2)c1.O=C(O)C(F)(F)F. The lowest BCUT2D eigenvalue weighted by atomic mass is 10.1. The summed E-state index contributed by atoms with van der Waals surface area (Å²) < 4.78 is 43.2. The Kier molecular flexibility index (Phi) is 7.81. The Labute approximate surface area is 191 Å². The highest BCUT2D eigenvalue weighted by Gasteiger charge is 2.40. The topological polar surface area (TPSA) is 79.0 Å². The molecular weight excluding hydrogens is 439 g/mol. The van der Waals surface area contributed by atoms with Crippen molar-refractivity contribution in [2.24, 2.45) is 0 Å². The lowest BCUT2D eigenvalue weighted by molar-refractivity contribution is -0.192. The van der Waals surface area contributed by atoms with Crippen LogP contribution in [0.2, 0.25) is 0 Å². The Morgan fingerprint density at radius 3 is 2.30 bits per heavy atom. The molecule has 3 heterocycles. The molecule has 0 amide bonds. The number of halogens is 3. The summed E-state index contributed by atoms with van der Waals surface area (Å²) in [6.07, 6.45) is -4.78. The van der Waals surface area contributed by atoms with Gasteiger partial charge in [-0.05, 0) is 33.3 Å². The average Bonchev–Trinajstić information content (AvgIpc) is 3.25. The largest absolute Gasteiger partial charge is 0.490 e. The van der Waals surface area contributed by atoms with Gasteiger partial charge in [0.1, 0.15) is 5.76 Å². The highest BCUT2D eigenvalue weighted by molar-refractivity contribution is 5.73. The first-order valence-electron chi connectivity index (χ1n) is 10.8. The summed E-state index contributed by atoms with van der Waals surface area (Å²) in [7, 11) is 0. The number of hydrogen-bond donors (Lipinski definition) is 1. The van der Waals surface area contributed by atoms with Gasteiger partial charge in [-0.1, -0.05) is 34.5 Å². The highest BCUT2D eigenvalue weighted by Crippen LogP contribution is 2.27. The summed E-state index contributed by atoms with van der Waals surface area (Å²) in [5.74, 6) is -1.82. The lowest BCUT2D eigenvalue weighted by Crippen LogP contribution is -2.50. The van der Waals surface area contributed by atoms with Crippen molar-refractivity contribution in [2.45, 2.75) is 59.1 Å². The third-order valence-electron chi connectivity index (χ3n) is 5.96. The van der Waals surface area contributed by atoms with Crippen LogP contribution in [0.1, 0.15) is 33.7 Å². The summed E-state index contributed by atoms with van der Waals surface area (Å²) in [5.41, 5.74) is 6.33. The normalized spacial score (nSPS) is 21.4. The van der Waals surface area contributed by atoms with Gasteiger partial charge in [0.25, 0.3) is 0 Å². The van der Waals surface area contributed by atoms with E-state index in [1.807, 2.05) is 13.8 Å². The molecule has 33 heavy (non-hydrogen) atoms. The fourth-order valence-corrected chi connectivity index (χ4v) is 4.51. The Morgan fingerprint density at radius 1 is 1.12 bits per heavy atom. The van der Waals surface area contributed by atoms with Gasteiger partial charge in [0.15, 0.2) is 0 Å². The van der Waals surface area contributed by atoms with Gasteiger partial charge in [0, 0.05) is 38.3 Å². The number of carboxylic acids is 1. The van der Waals surface area contributed by atoms with Crippen molar-refractivity contribution in [1.82, 2.24) is 15.0 Å². The van der Waals surface area contributed by atoms with Crippen molar-refractivity contribution in [3.05, 3.63) is 51.9 Å². The molecule has 2 aliphatic heterocycles. The van der Waals surface area contributed by atoms with Gasteiger partial charge in [0.05, 0.1) is 24.4 Å². The van der Waals surface area contributed by atoms with Crippen LogP contribution in [0.15, 0.2) is 22.7 Å².